The predicted octanol–water partition coefficient (Wildman–Crippen LogP) is 4.90. The summed E-state index contributed by atoms with van der Waals surface area (Å²) < 4.78 is 11.8. The van der Waals surface area contributed by atoms with Crippen molar-refractivity contribution in [1.29, 1.82) is 5.26 Å². The quantitative estimate of drug-likeness (QED) is 0.739. The highest BCUT2D eigenvalue weighted by molar-refractivity contribution is 5.94. The molecule has 0 aliphatic carbocycles. The van der Waals surface area contributed by atoms with Gasteiger partial charge in [0, 0.05) is 23.4 Å². The fourth-order valence-corrected chi connectivity index (χ4v) is 4.11. The van der Waals surface area contributed by atoms with Crippen LogP contribution in [0.15, 0.2) is 77.1 Å². The number of hydrogen-bond acceptors (Lipinski definition) is 5. The van der Waals surface area contributed by atoms with Crippen LogP contribution in [0.2, 0.25) is 0 Å². The van der Waals surface area contributed by atoms with Crippen molar-refractivity contribution >= 4 is 5.97 Å². The third kappa shape index (κ3) is 3.57. The molecule has 2 atom stereocenters. The molecular weight excluding hydrogens is 376 g/mol. The standard InChI is InChI=1S/C25H24N2O3/c1-15(2)29-21-12-8-7-11-18(21)23-19(14-26)16(3)27-20-13-22(30-25(28)24(20)23)17-9-5-4-6-10-17/h4-12,15,22-23,27H,13H2,1-3H3. The van der Waals surface area contributed by atoms with Crippen LogP contribution >= 0.6 is 0 Å². The average Bonchev–Trinajstić information content (AvgIpc) is 2.73. The maximum absolute atomic E-state index is 13.2. The number of hydrogen-bond donors (Lipinski definition) is 1. The molecule has 2 aliphatic heterocycles. The molecule has 0 amide bonds. The van der Waals surface area contributed by atoms with Crippen molar-refractivity contribution in [3.05, 3.63) is 88.3 Å². The van der Waals surface area contributed by atoms with E-state index in [1.54, 1.807) is 0 Å². The van der Waals surface area contributed by atoms with Crippen LogP contribution in [-0.4, -0.2) is 12.1 Å². The van der Waals surface area contributed by atoms with Gasteiger partial charge in [-0.3, -0.25) is 0 Å². The van der Waals surface area contributed by atoms with Crippen molar-refractivity contribution in [2.45, 2.75) is 45.3 Å². The van der Waals surface area contributed by atoms with Gasteiger partial charge in [-0.1, -0.05) is 48.5 Å². The lowest BCUT2D eigenvalue weighted by Crippen LogP contribution is -2.35. The largest absolute Gasteiger partial charge is 0.491 e. The summed E-state index contributed by atoms with van der Waals surface area (Å²) in [6.45, 7) is 5.78. The minimum absolute atomic E-state index is 0.0299. The molecule has 2 aromatic carbocycles. The fourth-order valence-electron chi connectivity index (χ4n) is 4.11. The van der Waals surface area contributed by atoms with E-state index in [1.807, 2.05) is 75.4 Å². The first-order valence-corrected chi connectivity index (χ1v) is 10.1. The molecule has 0 saturated heterocycles. The number of nitriles is 1. The zero-order chi connectivity index (χ0) is 21.3. The highest BCUT2D eigenvalue weighted by Gasteiger charge is 2.41. The van der Waals surface area contributed by atoms with Crippen LogP contribution in [0, 0.1) is 11.3 Å². The molecule has 2 heterocycles. The maximum atomic E-state index is 13.2. The van der Waals surface area contributed by atoms with Crippen molar-refractivity contribution in [2.75, 3.05) is 0 Å². The SMILES string of the molecule is CC1=C(C#N)C(c2ccccc2OC(C)C)C2=C(CC(c3ccccc3)OC2=O)N1. The van der Waals surface area contributed by atoms with Gasteiger partial charge in [0.25, 0.3) is 0 Å². The second kappa shape index (κ2) is 8.08. The van der Waals surface area contributed by atoms with E-state index in [2.05, 4.69) is 11.4 Å². The molecule has 5 nitrogen and oxygen atoms in total. The molecule has 2 unspecified atom stereocenters. The van der Waals surface area contributed by atoms with Crippen molar-refractivity contribution < 1.29 is 14.3 Å². The second-order valence-corrected chi connectivity index (χ2v) is 7.81. The highest BCUT2D eigenvalue weighted by atomic mass is 16.5. The number of para-hydroxylation sites is 1. The van der Waals surface area contributed by atoms with E-state index in [-0.39, 0.29) is 12.2 Å². The Bertz CT molecular complexity index is 1080. The average molecular weight is 400 g/mol. The fraction of sp³-hybridized carbons (Fsp3) is 0.280. The number of cyclic esters (lactones) is 1. The number of carbonyl (C=O) groups is 1. The number of rotatable bonds is 4. The lowest BCUT2D eigenvalue weighted by Gasteiger charge is -2.36. The Kier molecular flexibility index (Phi) is 5.33. The number of dihydropyridines is 1. The molecular formula is C25H24N2O3. The summed E-state index contributed by atoms with van der Waals surface area (Å²) in [4.78, 5) is 13.2. The van der Waals surface area contributed by atoms with Gasteiger partial charge in [-0.2, -0.15) is 5.26 Å². The minimum Gasteiger partial charge on any atom is -0.491 e. The van der Waals surface area contributed by atoms with E-state index < -0.39 is 11.9 Å². The molecule has 0 spiro atoms. The van der Waals surface area contributed by atoms with E-state index in [0.717, 1.165) is 22.5 Å². The first-order valence-electron chi connectivity index (χ1n) is 10.1. The van der Waals surface area contributed by atoms with Gasteiger partial charge in [-0.05, 0) is 32.4 Å². The maximum Gasteiger partial charge on any atom is 0.337 e. The van der Waals surface area contributed by atoms with Crippen LogP contribution < -0.4 is 10.1 Å². The normalized spacial score (nSPS) is 21.0. The molecule has 1 N–H and O–H groups in total. The van der Waals surface area contributed by atoms with Gasteiger partial charge in [0.1, 0.15) is 11.9 Å². The number of benzene rings is 2. The zero-order valence-corrected chi connectivity index (χ0v) is 17.3. The van der Waals surface area contributed by atoms with Crippen molar-refractivity contribution in [3.63, 3.8) is 0 Å². The third-order valence-corrected chi connectivity index (χ3v) is 5.39. The van der Waals surface area contributed by atoms with E-state index >= 15 is 0 Å². The summed E-state index contributed by atoms with van der Waals surface area (Å²) in [6, 6.07) is 19.6. The third-order valence-electron chi connectivity index (χ3n) is 5.39. The van der Waals surface area contributed by atoms with Crippen LogP contribution in [0.4, 0.5) is 0 Å². The van der Waals surface area contributed by atoms with Gasteiger partial charge in [-0.15, -0.1) is 0 Å². The minimum atomic E-state index is -0.523. The van der Waals surface area contributed by atoms with E-state index in [0.29, 0.717) is 23.3 Å². The molecule has 5 heteroatoms. The Morgan fingerprint density at radius 3 is 2.53 bits per heavy atom. The van der Waals surface area contributed by atoms with Crippen molar-refractivity contribution in [1.82, 2.24) is 5.32 Å². The summed E-state index contributed by atoms with van der Waals surface area (Å²) in [7, 11) is 0. The molecule has 152 valence electrons. The Hall–Kier alpha value is -3.52. The van der Waals surface area contributed by atoms with E-state index in [4.69, 9.17) is 9.47 Å². The number of esters is 1. The lowest BCUT2D eigenvalue weighted by atomic mass is 9.78. The Balaban J connectivity index is 1.81. The number of nitrogens with zero attached hydrogens (tertiary/aromatic N) is 1. The Labute approximate surface area is 176 Å². The predicted molar refractivity (Wildman–Crippen MR) is 113 cm³/mol. The van der Waals surface area contributed by atoms with Gasteiger partial charge >= 0.3 is 5.97 Å². The number of allylic oxidation sites excluding steroid dienone is 2. The summed E-state index contributed by atoms with van der Waals surface area (Å²) in [5.41, 5.74) is 4.30. The van der Waals surface area contributed by atoms with Gasteiger partial charge in [0.2, 0.25) is 0 Å². The van der Waals surface area contributed by atoms with Gasteiger partial charge in [-0.25, -0.2) is 4.79 Å². The Morgan fingerprint density at radius 2 is 1.83 bits per heavy atom. The molecule has 4 rings (SSSR count). The summed E-state index contributed by atoms with van der Waals surface area (Å²) >= 11 is 0. The lowest BCUT2D eigenvalue weighted by molar-refractivity contribution is -0.146. The summed E-state index contributed by atoms with van der Waals surface area (Å²) in [6.07, 6.45) is 0.145. The van der Waals surface area contributed by atoms with E-state index in [1.165, 1.54) is 0 Å². The number of carbonyl (C=O) groups excluding carboxylic acids is 1. The second-order valence-electron chi connectivity index (χ2n) is 7.81. The molecule has 2 aromatic rings. The smallest absolute Gasteiger partial charge is 0.337 e. The molecule has 0 radical (unpaired) electrons. The van der Waals surface area contributed by atoms with Gasteiger partial charge < -0.3 is 14.8 Å². The van der Waals surface area contributed by atoms with Crippen LogP contribution in [0.25, 0.3) is 0 Å². The molecule has 0 saturated carbocycles. The van der Waals surface area contributed by atoms with E-state index in [9.17, 15) is 10.1 Å². The van der Waals surface area contributed by atoms with Crippen LogP contribution in [0.1, 0.15) is 50.3 Å². The first-order chi connectivity index (χ1) is 14.5. The summed E-state index contributed by atoms with van der Waals surface area (Å²) in [5, 5.41) is 13.2. The highest BCUT2D eigenvalue weighted by Crippen LogP contribution is 2.46. The molecule has 2 aliphatic rings. The molecule has 30 heavy (non-hydrogen) atoms. The van der Waals surface area contributed by atoms with Crippen molar-refractivity contribution in [3.8, 4) is 11.8 Å². The number of ether oxygens (including phenoxy) is 2. The van der Waals surface area contributed by atoms with Crippen molar-refractivity contribution in [2.24, 2.45) is 0 Å². The Morgan fingerprint density at radius 1 is 1.13 bits per heavy atom. The topological polar surface area (TPSA) is 71.3 Å². The van der Waals surface area contributed by atoms with Gasteiger partial charge in [0.05, 0.1) is 29.2 Å². The zero-order valence-electron chi connectivity index (χ0n) is 17.3. The molecule has 0 bridgehead atoms. The molecule has 0 aromatic heterocycles. The summed E-state index contributed by atoms with van der Waals surface area (Å²) in [5.74, 6) is -0.252. The van der Waals surface area contributed by atoms with Crippen LogP contribution in [-0.2, 0) is 9.53 Å². The van der Waals surface area contributed by atoms with Crippen LogP contribution in [0.5, 0.6) is 5.75 Å². The first kappa shape index (κ1) is 19.8. The van der Waals surface area contributed by atoms with Gasteiger partial charge in [0.15, 0.2) is 0 Å². The monoisotopic (exact) mass is 400 g/mol. The number of nitrogens with one attached hydrogen (secondary N) is 1. The molecule has 0 fully saturated rings. The van der Waals surface area contributed by atoms with Crippen LogP contribution in [0.3, 0.4) is 0 Å².